The van der Waals surface area contributed by atoms with Crippen molar-refractivity contribution in [3.05, 3.63) is 22.8 Å². The van der Waals surface area contributed by atoms with E-state index < -0.39 is 11.7 Å². The van der Waals surface area contributed by atoms with Gasteiger partial charge in [-0.25, -0.2) is 4.98 Å². The summed E-state index contributed by atoms with van der Waals surface area (Å²) in [6.45, 7) is 3.41. The topological polar surface area (TPSA) is 19.4 Å². The first-order chi connectivity index (χ1) is 9.18. The maximum absolute atomic E-state index is 12.8. The molecule has 0 aliphatic carbocycles. The lowest BCUT2D eigenvalue weighted by Gasteiger charge is -2.23. The fourth-order valence-electron chi connectivity index (χ4n) is 2.62. The number of likely N-dealkylation sites (N-methyl/N-ethyl adjacent to an activating group) is 1. The normalized spacial score (nSPS) is 23.7. The molecule has 7 heteroatoms. The van der Waals surface area contributed by atoms with E-state index in [1.807, 2.05) is 19.0 Å². The molecule has 0 N–H and O–H groups in total. The van der Waals surface area contributed by atoms with Gasteiger partial charge in [-0.2, -0.15) is 13.2 Å². The van der Waals surface area contributed by atoms with E-state index in [0.717, 1.165) is 12.1 Å². The highest BCUT2D eigenvalue weighted by atomic mass is 35.5. The Morgan fingerprint density at radius 3 is 2.45 bits per heavy atom. The molecule has 1 fully saturated rings. The van der Waals surface area contributed by atoms with Crippen LogP contribution >= 0.6 is 11.6 Å². The molecule has 0 saturated carbocycles. The predicted molar refractivity (Wildman–Crippen MR) is 73.1 cm³/mol. The zero-order valence-electron chi connectivity index (χ0n) is 11.6. The highest BCUT2D eigenvalue weighted by Gasteiger charge is 2.35. The average Bonchev–Trinajstić information content (AvgIpc) is 2.69. The van der Waals surface area contributed by atoms with Crippen LogP contribution in [0.1, 0.15) is 12.5 Å². The van der Waals surface area contributed by atoms with Gasteiger partial charge < -0.3 is 9.80 Å². The van der Waals surface area contributed by atoms with E-state index in [0.29, 0.717) is 30.9 Å². The van der Waals surface area contributed by atoms with Crippen molar-refractivity contribution in [2.24, 2.45) is 5.92 Å². The van der Waals surface area contributed by atoms with Crippen LogP contribution in [0.2, 0.25) is 5.15 Å². The standard InChI is InChI=1S/C13H17ClF3N3/c1-8-6-20(7-10(8)19(2)3)12-5-9(13(15,16)17)4-11(14)18-12/h4-5,8,10H,6-7H2,1-3H3. The van der Waals surface area contributed by atoms with Crippen molar-refractivity contribution < 1.29 is 13.2 Å². The summed E-state index contributed by atoms with van der Waals surface area (Å²) >= 11 is 5.72. The Hall–Kier alpha value is -1.01. The molecule has 1 aliphatic heterocycles. The molecule has 0 spiro atoms. The van der Waals surface area contributed by atoms with Gasteiger partial charge in [-0.3, -0.25) is 0 Å². The molecule has 1 saturated heterocycles. The Morgan fingerprint density at radius 2 is 1.95 bits per heavy atom. The van der Waals surface area contributed by atoms with Gasteiger partial charge in [0, 0.05) is 19.1 Å². The van der Waals surface area contributed by atoms with Gasteiger partial charge in [-0.15, -0.1) is 0 Å². The van der Waals surface area contributed by atoms with E-state index in [2.05, 4.69) is 16.8 Å². The molecule has 2 unspecified atom stereocenters. The van der Waals surface area contributed by atoms with Gasteiger partial charge in [0.1, 0.15) is 11.0 Å². The molecule has 1 aliphatic rings. The maximum atomic E-state index is 12.8. The Bertz CT molecular complexity index is 490. The molecule has 0 amide bonds. The number of nitrogens with zero attached hydrogens (tertiary/aromatic N) is 3. The van der Waals surface area contributed by atoms with E-state index in [4.69, 9.17) is 11.6 Å². The van der Waals surface area contributed by atoms with Gasteiger partial charge in [0.15, 0.2) is 0 Å². The fourth-order valence-corrected chi connectivity index (χ4v) is 2.82. The third kappa shape index (κ3) is 3.17. The van der Waals surface area contributed by atoms with Crippen LogP contribution in [0.5, 0.6) is 0 Å². The quantitative estimate of drug-likeness (QED) is 0.783. The van der Waals surface area contributed by atoms with Crippen LogP contribution < -0.4 is 4.90 Å². The Labute approximate surface area is 121 Å². The summed E-state index contributed by atoms with van der Waals surface area (Å²) in [5.74, 6) is 0.654. The van der Waals surface area contributed by atoms with Crippen LogP contribution in [0.4, 0.5) is 19.0 Å². The van der Waals surface area contributed by atoms with Gasteiger partial charge in [0.05, 0.1) is 5.56 Å². The molecule has 2 rings (SSSR count). The number of rotatable bonds is 2. The number of pyridine rings is 1. The number of alkyl halides is 3. The summed E-state index contributed by atoms with van der Waals surface area (Å²) in [6, 6.07) is 2.22. The van der Waals surface area contributed by atoms with Gasteiger partial charge in [0.2, 0.25) is 0 Å². The summed E-state index contributed by atoms with van der Waals surface area (Å²) < 4.78 is 38.4. The zero-order valence-corrected chi connectivity index (χ0v) is 12.3. The molecule has 1 aromatic heterocycles. The van der Waals surface area contributed by atoms with Crippen molar-refractivity contribution >= 4 is 17.4 Å². The van der Waals surface area contributed by atoms with Gasteiger partial charge >= 0.3 is 6.18 Å². The van der Waals surface area contributed by atoms with Crippen molar-refractivity contribution in [3.63, 3.8) is 0 Å². The Morgan fingerprint density at radius 1 is 1.30 bits per heavy atom. The minimum absolute atomic E-state index is 0.129. The summed E-state index contributed by atoms with van der Waals surface area (Å²) in [5.41, 5.74) is -0.756. The molecule has 20 heavy (non-hydrogen) atoms. The first kappa shape index (κ1) is 15.4. The molecular formula is C13H17ClF3N3. The Kier molecular flexibility index (Phi) is 4.16. The smallest absolute Gasteiger partial charge is 0.355 e. The van der Waals surface area contributed by atoms with E-state index >= 15 is 0 Å². The minimum Gasteiger partial charge on any atom is -0.355 e. The van der Waals surface area contributed by atoms with E-state index in [1.54, 1.807) is 0 Å². The van der Waals surface area contributed by atoms with Crippen LogP contribution in [-0.2, 0) is 6.18 Å². The van der Waals surface area contributed by atoms with Crippen LogP contribution in [0.25, 0.3) is 0 Å². The van der Waals surface area contributed by atoms with Crippen LogP contribution in [-0.4, -0.2) is 43.1 Å². The molecule has 0 bridgehead atoms. The lowest BCUT2D eigenvalue weighted by Crippen LogP contribution is -2.34. The lowest BCUT2D eigenvalue weighted by atomic mass is 10.1. The molecule has 1 aromatic rings. The summed E-state index contributed by atoms with van der Waals surface area (Å²) in [7, 11) is 3.94. The number of hydrogen-bond acceptors (Lipinski definition) is 3. The van der Waals surface area contributed by atoms with Crippen molar-refractivity contribution in [1.82, 2.24) is 9.88 Å². The third-order valence-electron chi connectivity index (χ3n) is 3.67. The van der Waals surface area contributed by atoms with Gasteiger partial charge in [-0.05, 0) is 32.1 Å². The monoisotopic (exact) mass is 307 g/mol. The first-order valence-corrected chi connectivity index (χ1v) is 6.72. The highest BCUT2D eigenvalue weighted by molar-refractivity contribution is 6.29. The molecule has 2 atom stereocenters. The van der Waals surface area contributed by atoms with Crippen LogP contribution in [0, 0.1) is 5.92 Å². The number of anilines is 1. The minimum atomic E-state index is -4.41. The number of aromatic nitrogens is 1. The number of halogens is 4. The lowest BCUT2D eigenvalue weighted by molar-refractivity contribution is -0.137. The van der Waals surface area contributed by atoms with E-state index in [9.17, 15) is 13.2 Å². The van der Waals surface area contributed by atoms with E-state index in [1.165, 1.54) is 0 Å². The van der Waals surface area contributed by atoms with Crippen molar-refractivity contribution in [3.8, 4) is 0 Å². The molecule has 0 radical (unpaired) electrons. The van der Waals surface area contributed by atoms with E-state index in [-0.39, 0.29) is 5.15 Å². The molecule has 0 aromatic carbocycles. The van der Waals surface area contributed by atoms with Crippen molar-refractivity contribution in [1.29, 1.82) is 0 Å². The van der Waals surface area contributed by atoms with Crippen molar-refractivity contribution in [2.45, 2.75) is 19.1 Å². The second-order valence-corrected chi connectivity index (χ2v) is 5.83. The Balaban J connectivity index is 2.28. The summed E-state index contributed by atoms with van der Waals surface area (Å²) in [4.78, 5) is 7.97. The van der Waals surface area contributed by atoms with Crippen LogP contribution in [0.3, 0.4) is 0 Å². The third-order valence-corrected chi connectivity index (χ3v) is 3.86. The SMILES string of the molecule is CC1CN(c2cc(C(F)(F)F)cc(Cl)n2)CC1N(C)C. The zero-order chi connectivity index (χ0) is 15.1. The second-order valence-electron chi connectivity index (χ2n) is 5.45. The predicted octanol–water partition coefficient (Wildman–Crippen LogP) is 3.14. The highest BCUT2D eigenvalue weighted by Crippen LogP contribution is 2.34. The molecular weight excluding hydrogens is 291 g/mol. The largest absolute Gasteiger partial charge is 0.416 e. The molecule has 3 nitrogen and oxygen atoms in total. The molecule has 112 valence electrons. The maximum Gasteiger partial charge on any atom is 0.416 e. The van der Waals surface area contributed by atoms with Gasteiger partial charge in [0.25, 0.3) is 0 Å². The number of hydrogen-bond donors (Lipinski definition) is 0. The van der Waals surface area contributed by atoms with Crippen molar-refractivity contribution in [2.75, 3.05) is 32.1 Å². The second kappa shape index (κ2) is 5.41. The summed E-state index contributed by atoms with van der Waals surface area (Å²) in [6.07, 6.45) is -4.41. The fraction of sp³-hybridized carbons (Fsp3) is 0.615. The molecule has 2 heterocycles. The van der Waals surface area contributed by atoms with Crippen LogP contribution in [0.15, 0.2) is 12.1 Å². The van der Waals surface area contributed by atoms with Gasteiger partial charge in [-0.1, -0.05) is 18.5 Å². The first-order valence-electron chi connectivity index (χ1n) is 6.34. The average molecular weight is 308 g/mol. The summed E-state index contributed by atoms with van der Waals surface area (Å²) in [5, 5.41) is -0.129.